The summed E-state index contributed by atoms with van der Waals surface area (Å²) in [4.78, 5) is 4.13. The third kappa shape index (κ3) is 7.00. The predicted octanol–water partition coefficient (Wildman–Crippen LogP) is 4.88. The molecule has 3 nitrogen and oxygen atoms in total. The molecule has 0 atom stereocenters. The standard InChI is InChI=1S/C14H18ClN3.C2H6/c1-9(2)7-14(17-11(4)16)18-12-6-5-10(3)13(15)8-12;1-2/h5-8H,4,16H2,1-3H3,(H,17,18);1-2H3. The van der Waals surface area contributed by atoms with E-state index in [-0.39, 0.29) is 5.82 Å². The first-order chi connectivity index (χ1) is 9.38. The second-order valence-electron chi connectivity index (χ2n) is 4.30. The van der Waals surface area contributed by atoms with Gasteiger partial charge in [0, 0.05) is 10.7 Å². The summed E-state index contributed by atoms with van der Waals surface area (Å²) in [6.07, 6.45) is 1.89. The number of hydrogen-bond acceptors (Lipinski definition) is 2. The van der Waals surface area contributed by atoms with Crippen LogP contribution in [0.5, 0.6) is 0 Å². The Kier molecular flexibility index (Phi) is 8.41. The van der Waals surface area contributed by atoms with Gasteiger partial charge >= 0.3 is 0 Å². The van der Waals surface area contributed by atoms with Gasteiger partial charge in [0.15, 0.2) is 0 Å². The van der Waals surface area contributed by atoms with Gasteiger partial charge in [-0.2, -0.15) is 0 Å². The van der Waals surface area contributed by atoms with E-state index in [1.165, 1.54) is 0 Å². The summed E-state index contributed by atoms with van der Waals surface area (Å²) >= 11 is 6.07. The van der Waals surface area contributed by atoms with Crippen LogP contribution in [0.4, 0.5) is 5.69 Å². The van der Waals surface area contributed by atoms with Crippen molar-refractivity contribution >= 4 is 23.1 Å². The highest BCUT2D eigenvalue weighted by atomic mass is 35.5. The largest absolute Gasteiger partial charge is 0.384 e. The normalized spacial score (nSPS) is 10.2. The highest BCUT2D eigenvalue weighted by Gasteiger charge is 2.01. The Bertz CT molecular complexity index is 512. The number of benzene rings is 1. The Morgan fingerprint density at radius 3 is 2.40 bits per heavy atom. The third-order valence-electron chi connectivity index (χ3n) is 2.13. The van der Waals surface area contributed by atoms with Crippen molar-refractivity contribution < 1.29 is 0 Å². The average molecular weight is 294 g/mol. The van der Waals surface area contributed by atoms with Crippen LogP contribution in [0.3, 0.4) is 0 Å². The van der Waals surface area contributed by atoms with Gasteiger partial charge in [-0.1, -0.05) is 43.7 Å². The Labute approximate surface area is 127 Å². The summed E-state index contributed by atoms with van der Waals surface area (Å²) in [5, 5.41) is 3.87. The highest BCUT2D eigenvalue weighted by molar-refractivity contribution is 6.31. The van der Waals surface area contributed by atoms with Crippen LogP contribution in [0.25, 0.3) is 0 Å². The predicted molar refractivity (Wildman–Crippen MR) is 91.4 cm³/mol. The molecule has 1 rings (SSSR count). The number of nitrogens with zero attached hydrogens (tertiary/aromatic N) is 1. The zero-order chi connectivity index (χ0) is 15.7. The van der Waals surface area contributed by atoms with Crippen LogP contribution in [0.2, 0.25) is 5.02 Å². The van der Waals surface area contributed by atoms with Gasteiger partial charge in [-0.25, -0.2) is 4.99 Å². The fourth-order valence-corrected chi connectivity index (χ4v) is 1.52. The molecule has 0 radical (unpaired) electrons. The van der Waals surface area contributed by atoms with Crippen LogP contribution in [0.15, 0.2) is 47.2 Å². The average Bonchev–Trinajstić information content (AvgIpc) is 2.34. The third-order valence-corrected chi connectivity index (χ3v) is 2.54. The molecule has 0 aliphatic heterocycles. The van der Waals surface area contributed by atoms with E-state index in [9.17, 15) is 0 Å². The number of anilines is 1. The molecular weight excluding hydrogens is 270 g/mol. The minimum absolute atomic E-state index is 0.258. The van der Waals surface area contributed by atoms with E-state index in [4.69, 9.17) is 17.3 Å². The Hall–Kier alpha value is -1.74. The van der Waals surface area contributed by atoms with Crippen LogP contribution >= 0.6 is 11.6 Å². The van der Waals surface area contributed by atoms with Gasteiger partial charge in [0.25, 0.3) is 0 Å². The van der Waals surface area contributed by atoms with Crippen molar-refractivity contribution in [2.24, 2.45) is 10.7 Å². The Morgan fingerprint density at radius 2 is 1.95 bits per heavy atom. The molecule has 0 aliphatic carbocycles. The number of aryl methyl sites for hydroxylation is 1. The maximum atomic E-state index is 6.07. The molecule has 0 amide bonds. The van der Waals surface area contributed by atoms with Crippen LogP contribution in [0, 0.1) is 6.92 Å². The minimum atomic E-state index is 0.258. The lowest BCUT2D eigenvalue weighted by molar-refractivity contribution is 1.25. The maximum absolute atomic E-state index is 6.07. The van der Waals surface area contributed by atoms with Gasteiger partial charge in [0.1, 0.15) is 11.7 Å². The van der Waals surface area contributed by atoms with Crippen molar-refractivity contribution in [1.82, 2.24) is 0 Å². The van der Waals surface area contributed by atoms with Gasteiger partial charge in [-0.3, -0.25) is 0 Å². The lowest BCUT2D eigenvalue weighted by Crippen LogP contribution is -2.11. The quantitative estimate of drug-likeness (QED) is 0.616. The first-order valence-electron chi connectivity index (χ1n) is 6.59. The second kappa shape index (κ2) is 9.21. The van der Waals surface area contributed by atoms with Crippen molar-refractivity contribution in [2.75, 3.05) is 5.32 Å². The Morgan fingerprint density at radius 1 is 1.35 bits per heavy atom. The van der Waals surface area contributed by atoms with Crippen molar-refractivity contribution in [1.29, 1.82) is 0 Å². The molecule has 0 saturated heterocycles. The summed E-state index contributed by atoms with van der Waals surface area (Å²) in [6.45, 7) is 13.5. The van der Waals surface area contributed by atoms with E-state index < -0.39 is 0 Å². The molecule has 4 heteroatoms. The smallest absolute Gasteiger partial charge is 0.132 e. The zero-order valence-electron chi connectivity index (χ0n) is 12.9. The second-order valence-corrected chi connectivity index (χ2v) is 4.71. The van der Waals surface area contributed by atoms with Crippen molar-refractivity contribution in [3.8, 4) is 0 Å². The van der Waals surface area contributed by atoms with Gasteiger partial charge in [-0.15, -0.1) is 0 Å². The molecule has 0 heterocycles. The zero-order valence-corrected chi connectivity index (χ0v) is 13.7. The molecule has 0 aliphatic rings. The van der Waals surface area contributed by atoms with Gasteiger partial charge in [-0.05, 0) is 44.5 Å². The van der Waals surface area contributed by atoms with Crippen molar-refractivity contribution in [2.45, 2.75) is 34.6 Å². The summed E-state index contributed by atoms with van der Waals surface area (Å²) < 4.78 is 0. The van der Waals surface area contributed by atoms with Crippen molar-refractivity contribution in [3.05, 3.63) is 52.8 Å². The number of nitrogens with one attached hydrogen (secondary N) is 1. The Balaban J connectivity index is 0.00000172. The number of halogens is 1. The topological polar surface area (TPSA) is 50.4 Å². The molecular formula is C16H24ClN3. The first-order valence-corrected chi connectivity index (χ1v) is 6.97. The molecule has 0 unspecified atom stereocenters. The number of nitrogens with two attached hydrogens (primary N) is 1. The summed E-state index contributed by atoms with van der Waals surface area (Å²) in [7, 11) is 0. The van der Waals surface area contributed by atoms with E-state index in [0.29, 0.717) is 10.9 Å². The van der Waals surface area contributed by atoms with Gasteiger partial charge < -0.3 is 11.1 Å². The minimum Gasteiger partial charge on any atom is -0.384 e. The molecule has 1 aromatic rings. The number of hydrogen-bond donors (Lipinski definition) is 2. The number of rotatable bonds is 3. The fraction of sp³-hybridized carbons (Fsp3) is 0.312. The van der Waals surface area contributed by atoms with E-state index in [1.54, 1.807) is 0 Å². The van der Waals surface area contributed by atoms with E-state index in [0.717, 1.165) is 16.8 Å². The monoisotopic (exact) mass is 293 g/mol. The summed E-state index contributed by atoms with van der Waals surface area (Å²) in [5.41, 5.74) is 8.51. The molecule has 0 spiro atoms. The van der Waals surface area contributed by atoms with E-state index in [2.05, 4.69) is 16.9 Å². The van der Waals surface area contributed by atoms with Crippen LogP contribution in [0.1, 0.15) is 33.3 Å². The van der Waals surface area contributed by atoms with Crippen LogP contribution in [-0.4, -0.2) is 5.84 Å². The first kappa shape index (κ1) is 18.3. The van der Waals surface area contributed by atoms with Crippen LogP contribution in [-0.2, 0) is 0 Å². The summed E-state index contributed by atoms with van der Waals surface area (Å²) in [5.74, 6) is 0.899. The SMILES string of the molecule is C=C(N)/N=C(\C=C(C)C)Nc1ccc(C)c(Cl)c1.CC. The van der Waals surface area contributed by atoms with Gasteiger partial charge in [0.2, 0.25) is 0 Å². The lowest BCUT2D eigenvalue weighted by atomic mass is 10.2. The molecule has 0 aromatic heterocycles. The molecule has 0 saturated carbocycles. The molecule has 20 heavy (non-hydrogen) atoms. The molecule has 110 valence electrons. The molecule has 3 N–H and O–H groups in total. The summed E-state index contributed by atoms with van der Waals surface area (Å²) in [6, 6.07) is 5.74. The molecule has 1 aromatic carbocycles. The molecule has 0 bridgehead atoms. The fourth-order valence-electron chi connectivity index (χ4n) is 1.34. The lowest BCUT2D eigenvalue weighted by Gasteiger charge is -2.08. The maximum Gasteiger partial charge on any atom is 0.132 e. The van der Waals surface area contributed by atoms with Crippen molar-refractivity contribution in [3.63, 3.8) is 0 Å². The number of aliphatic imine (C=N–C) groups is 1. The number of allylic oxidation sites excluding steroid dienone is 1. The van der Waals surface area contributed by atoms with Gasteiger partial charge in [0.05, 0.1) is 0 Å². The highest BCUT2D eigenvalue weighted by Crippen LogP contribution is 2.20. The van der Waals surface area contributed by atoms with E-state index in [1.807, 2.05) is 58.9 Å². The van der Waals surface area contributed by atoms with E-state index >= 15 is 0 Å². The molecule has 0 fully saturated rings. The van der Waals surface area contributed by atoms with Crippen LogP contribution < -0.4 is 11.1 Å². The number of amidine groups is 1.